The van der Waals surface area contributed by atoms with Gasteiger partial charge in [-0.15, -0.1) is 0 Å². The number of fused-ring (bicyclic) bond motifs is 1. The van der Waals surface area contributed by atoms with Gasteiger partial charge >= 0.3 is 0 Å². The molecular weight excluding hydrogens is 252 g/mol. The molecule has 1 saturated heterocycles. The minimum absolute atomic E-state index is 0.0134. The largest absolute Gasteiger partial charge is 0.458 e. The van der Waals surface area contributed by atoms with Crippen LogP contribution in [0, 0.1) is 0 Å². The van der Waals surface area contributed by atoms with Gasteiger partial charge in [-0.25, -0.2) is 0 Å². The summed E-state index contributed by atoms with van der Waals surface area (Å²) in [6, 6.07) is 18.8. The zero-order chi connectivity index (χ0) is 13.5. The van der Waals surface area contributed by atoms with Crippen molar-refractivity contribution in [3.63, 3.8) is 0 Å². The molecule has 0 radical (unpaired) electrons. The van der Waals surface area contributed by atoms with Crippen molar-refractivity contribution in [1.29, 1.82) is 0 Å². The predicted octanol–water partition coefficient (Wildman–Crippen LogP) is 3.61. The summed E-state index contributed by atoms with van der Waals surface area (Å²) in [5.41, 5.74) is 1.69. The monoisotopic (exact) mass is 264 g/mol. The van der Waals surface area contributed by atoms with Gasteiger partial charge in [0.1, 0.15) is 23.6 Å². The van der Waals surface area contributed by atoms with E-state index in [0.717, 1.165) is 5.56 Å². The van der Waals surface area contributed by atoms with Crippen LogP contribution in [-0.4, -0.2) is 0 Å². The van der Waals surface area contributed by atoms with E-state index in [2.05, 4.69) is 0 Å². The number of para-hydroxylation sites is 1. The van der Waals surface area contributed by atoms with Crippen molar-refractivity contribution in [1.82, 2.24) is 0 Å². The van der Waals surface area contributed by atoms with E-state index in [4.69, 9.17) is 9.15 Å². The number of rotatable bonds is 2. The van der Waals surface area contributed by atoms with Gasteiger partial charge in [-0.1, -0.05) is 42.5 Å². The van der Waals surface area contributed by atoms with Crippen molar-refractivity contribution in [3.8, 4) is 0 Å². The highest BCUT2D eigenvalue weighted by Crippen LogP contribution is 2.50. The molecule has 0 spiro atoms. The number of hydrogen-bond acceptors (Lipinski definition) is 3. The fourth-order valence-electron chi connectivity index (χ4n) is 2.49. The smallest absolute Gasteiger partial charge is 0.193 e. The van der Waals surface area contributed by atoms with Crippen LogP contribution in [0.3, 0.4) is 0 Å². The molecular formula is C17H12O3. The lowest BCUT2D eigenvalue weighted by Crippen LogP contribution is -2.01. The second-order valence-corrected chi connectivity index (χ2v) is 4.90. The van der Waals surface area contributed by atoms with Gasteiger partial charge in [0.25, 0.3) is 0 Å². The second kappa shape index (κ2) is 4.32. The molecule has 0 saturated carbocycles. The molecule has 20 heavy (non-hydrogen) atoms. The number of epoxide rings is 1. The van der Waals surface area contributed by atoms with Gasteiger partial charge in [-0.2, -0.15) is 0 Å². The van der Waals surface area contributed by atoms with Crippen LogP contribution in [0.1, 0.15) is 23.5 Å². The van der Waals surface area contributed by atoms with Crippen molar-refractivity contribution in [2.45, 2.75) is 12.2 Å². The topological polar surface area (TPSA) is 42.7 Å². The van der Waals surface area contributed by atoms with E-state index in [1.807, 2.05) is 42.5 Å². The van der Waals surface area contributed by atoms with Gasteiger partial charge in [-0.3, -0.25) is 4.79 Å². The molecule has 1 aliphatic heterocycles. The summed E-state index contributed by atoms with van der Waals surface area (Å²) in [5.74, 6) is 0.600. The van der Waals surface area contributed by atoms with Crippen LogP contribution in [0.15, 0.2) is 69.9 Å². The highest BCUT2D eigenvalue weighted by molar-refractivity contribution is 5.76. The summed E-state index contributed by atoms with van der Waals surface area (Å²) in [6.45, 7) is 0. The third-order valence-corrected chi connectivity index (χ3v) is 3.55. The molecule has 0 bridgehead atoms. The molecule has 4 rings (SSSR count). The van der Waals surface area contributed by atoms with Crippen molar-refractivity contribution in [2.24, 2.45) is 0 Å². The number of ether oxygens (including phenoxy) is 1. The fraction of sp³-hybridized carbons (Fsp3) is 0.118. The maximum Gasteiger partial charge on any atom is 0.193 e. The summed E-state index contributed by atoms with van der Waals surface area (Å²) in [6.07, 6.45) is -0.171. The Labute approximate surface area is 115 Å². The molecule has 1 aromatic heterocycles. The van der Waals surface area contributed by atoms with Gasteiger partial charge in [0.15, 0.2) is 5.43 Å². The molecule has 2 atom stereocenters. The molecule has 0 unspecified atom stereocenters. The van der Waals surface area contributed by atoms with E-state index < -0.39 is 0 Å². The van der Waals surface area contributed by atoms with Crippen molar-refractivity contribution < 1.29 is 9.15 Å². The zero-order valence-electron chi connectivity index (χ0n) is 10.7. The average Bonchev–Trinajstić information content (AvgIpc) is 3.29. The highest BCUT2D eigenvalue weighted by atomic mass is 16.6. The Morgan fingerprint density at radius 3 is 2.45 bits per heavy atom. The summed E-state index contributed by atoms with van der Waals surface area (Å²) in [5, 5.41) is 0.605. The quantitative estimate of drug-likeness (QED) is 0.664. The van der Waals surface area contributed by atoms with Crippen LogP contribution in [-0.2, 0) is 4.74 Å². The van der Waals surface area contributed by atoms with Crippen LogP contribution in [0.25, 0.3) is 11.0 Å². The van der Waals surface area contributed by atoms with Crippen LogP contribution in [0.5, 0.6) is 0 Å². The lowest BCUT2D eigenvalue weighted by Gasteiger charge is -2.00. The molecule has 2 aromatic carbocycles. The molecule has 3 aromatic rings. The second-order valence-electron chi connectivity index (χ2n) is 4.90. The molecule has 98 valence electrons. The Morgan fingerprint density at radius 1 is 0.850 bits per heavy atom. The Kier molecular flexibility index (Phi) is 2.47. The van der Waals surface area contributed by atoms with E-state index in [1.165, 1.54) is 6.07 Å². The molecule has 0 N–H and O–H groups in total. The van der Waals surface area contributed by atoms with Crippen LogP contribution in [0.2, 0.25) is 0 Å². The first-order valence-corrected chi connectivity index (χ1v) is 6.56. The fourth-order valence-corrected chi connectivity index (χ4v) is 2.49. The minimum Gasteiger partial charge on any atom is -0.458 e. The third kappa shape index (κ3) is 1.84. The molecule has 3 heteroatoms. The zero-order valence-corrected chi connectivity index (χ0v) is 10.7. The Hall–Kier alpha value is -2.39. The maximum absolute atomic E-state index is 12.1. The lowest BCUT2D eigenvalue weighted by atomic mass is 10.1. The third-order valence-electron chi connectivity index (χ3n) is 3.55. The molecule has 0 amide bonds. The lowest BCUT2D eigenvalue weighted by molar-refractivity contribution is 0.352. The first-order valence-electron chi connectivity index (χ1n) is 6.56. The SMILES string of the molecule is O=c1cc([C@@H]2O[C@@H]2c2ccccc2)oc2ccccc12. The van der Waals surface area contributed by atoms with Crippen LogP contribution < -0.4 is 5.43 Å². The predicted molar refractivity (Wildman–Crippen MR) is 75.5 cm³/mol. The Balaban J connectivity index is 1.73. The van der Waals surface area contributed by atoms with Crippen molar-refractivity contribution in [2.75, 3.05) is 0 Å². The van der Waals surface area contributed by atoms with Gasteiger partial charge < -0.3 is 9.15 Å². The molecule has 1 fully saturated rings. The van der Waals surface area contributed by atoms with E-state index in [-0.39, 0.29) is 17.6 Å². The summed E-state index contributed by atoms with van der Waals surface area (Å²) < 4.78 is 11.5. The van der Waals surface area contributed by atoms with Crippen LogP contribution >= 0.6 is 0 Å². The molecule has 2 heterocycles. The Bertz CT molecular complexity index is 820. The Morgan fingerprint density at radius 2 is 1.60 bits per heavy atom. The molecule has 3 nitrogen and oxygen atoms in total. The van der Waals surface area contributed by atoms with Crippen LogP contribution in [0.4, 0.5) is 0 Å². The number of benzene rings is 2. The molecule has 1 aliphatic rings. The maximum atomic E-state index is 12.1. The standard InChI is InChI=1S/C17H12O3/c18-13-10-15(19-14-9-5-4-8-12(13)14)17-16(20-17)11-6-2-1-3-7-11/h1-10,16-17H/t16-,17+/m1/s1. The van der Waals surface area contributed by atoms with Gasteiger partial charge in [0.05, 0.1) is 5.39 Å². The van der Waals surface area contributed by atoms with Gasteiger partial charge in [-0.05, 0) is 17.7 Å². The van der Waals surface area contributed by atoms with E-state index in [9.17, 15) is 4.79 Å². The van der Waals surface area contributed by atoms with E-state index >= 15 is 0 Å². The summed E-state index contributed by atoms with van der Waals surface area (Å²) in [4.78, 5) is 12.1. The van der Waals surface area contributed by atoms with Crippen molar-refractivity contribution >= 4 is 11.0 Å². The highest BCUT2D eigenvalue weighted by Gasteiger charge is 2.43. The first-order chi connectivity index (χ1) is 9.83. The normalized spacial score (nSPS) is 21.0. The van der Waals surface area contributed by atoms with Crippen molar-refractivity contribution in [3.05, 3.63) is 82.2 Å². The molecule has 0 aliphatic carbocycles. The first kappa shape index (κ1) is 11.4. The average molecular weight is 264 g/mol. The van der Waals surface area contributed by atoms with E-state index in [1.54, 1.807) is 12.1 Å². The summed E-state index contributed by atoms with van der Waals surface area (Å²) >= 11 is 0. The summed E-state index contributed by atoms with van der Waals surface area (Å²) in [7, 11) is 0. The van der Waals surface area contributed by atoms with Gasteiger partial charge in [0.2, 0.25) is 0 Å². The minimum atomic E-state index is -0.158. The number of hydrogen-bond donors (Lipinski definition) is 0. The van der Waals surface area contributed by atoms with E-state index in [0.29, 0.717) is 16.7 Å². The van der Waals surface area contributed by atoms with Gasteiger partial charge in [0, 0.05) is 6.07 Å².